The predicted molar refractivity (Wildman–Crippen MR) is 70.3 cm³/mol. The third-order valence-corrected chi connectivity index (χ3v) is 2.97. The monoisotopic (exact) mass is 234 g/mol. The van der Waals surface area contributed by atoms with Crippen LogP contribution in [-0.2, 0) is 11.2 Å². The maximum atomic E-state index is 10.4. The Morgan fingerprint density at radius 3 is 2.65 bits per heavy atom. The number of carboxylic acids is 1. The zero-order valence-corrected chi connectivity index (χ0v) is 10.8. The highest BCUT2D eigenvalue weighted by molar-refractivity contribution is 5.66. The van der Waals surface area contributed by atoms with E-state index < -0.39 is 5.97 Å². The molecule has 2 heteroatoms. The smallest absolute Gasteiger partial charge is 0.303 e. The van der Waals surface area contributed by atoms with Gasteiger partial charge in [-0.2, -0.15) is 0 Å². The quantitative estimate of drug-likeness (QED) is 0.724. The summed E-state index contributed by atoms with van der Waals surface area (Å²) in [4.78, 5) is 10.4. The van der Waals surface area contributed by atoms with Gasteiger partial charge in [-0.1, -0.05) is 44.5 Å². The average Bonchev–Trinajstić information content (AvgIpc) is 2.28. The van der Waals surface area contributed by atoms with Gasteiger partial charge in [-0.25, -0.2) is 0 Å². The molecule has 0 aliphatic carbocycles. The summed E-state index contributed by atoms with van der Waals surface area (Å²) in [6, 6.07) is 8.70. The fourth-order valence-corrected chi connectivity index (χ4v) is 1.89. The highest BCUT2D eigenvalue weighted by Gasteiger charge is 2.01. The highest BCUT2D eigenvalue weighted by Crippen LogP contribution is 2.17. The van der Waals surface area contributed by atoms with E-state index in [4.69, 9.17) is 5.11 Å². The first kappa shape index (κ1) is 13.8. The molecule has 0 saturated heterocycles. The second-order valence-electron chi connectivity index (χ2n) is 4.85. The Balaban J connectivity index is 2.31. The van der Waals surface area contributed by atoms with Crippen molar-refractivity contribution in [3.8, 4) is 0 Å². The van der Waals surface area contributed by atoms with E-state index >= 15 is 0 Å². The molecular formula is C15H22O2. The molecule has 0 atom stereocenters. The van der Waals surface area contributed by atoms with Crippen LogP contribution in [0, 0.1) is 0 Å². The van der Waals surface area contributed by atoms with Crippen molar-refractivity contribution in [3.05, 3.63) is 35.4 Å². The van der Waals surface area contributed by atoms with Gasteiger partial charge < -0.3 is 5.11 Å². The van der Waals surface area contributed by atoms with E-state index in [0.717, 1.165) is 25.7 Å². The van der Waals surface area contributed by atoms with Crippen molar-refractivity contribution in [2.24, 2.45) is 0 Å². The molecule has 0 aliphatic rings. The van der Waals surface area contributed by atoms with Crippen molar-refractivity contribution in [3.63, 3.8) is 0 Å². The van der Waals surface area contributed by atoms with E-state index in [2.05, 4.69) is 38.1 Å². The standard InChI is InChI=1S/C15H22O2/c1-12(2)14-9-6-8-13(11-14)7-4-3-5-10-15(16)17/h6,8-9,11-12H,3-5,7,10H2,1-2H3,(H,16,17). The minimum atomic E-state index is -0.688. The Bertz CT molecular complexity index is 356. The third kappa shape index (κ3) is 5.53. The van der Waals surface area contributed by atoms with Crippen LogP contribution in [0.1, 0.15) is 56.6 Å². The summed E-state index contributed by atoms with van der Waals surface area (Å²) < 4.78 is 0. The Morgan fingerprint density at radius 2 is 2.00 bits per heavy atom. The molecule has 0 heterocycles. The molecule has 94 valence electrons. The topological polar surface area (TPSA) is 37.3 Å². The molecule has 1 rings (SSSR count). The first-order valence-corrected chi connectivity index (χ1v) is 6.40. The normalized spacial score (nSPS) is 10.8. The molecule has 0 aliphatic heterocycles. The summed E-state index contributed by atoms with van der Waals surface area (Å²) in [5.74, 6) is -0.117. The van der Waals surface area contributed by atoms with Crippen LogP contribution in [0.3, 0.4) is 0 Å². The molecule has 1 aromatic carbocycles. The van der Waals surface area contributed by atoms with Crippen molar-refractivity contribution >= 4 is 5.97 Å². The lowest BCUT2D eigenvalue weighted by Gasteiger charge is -2.07. The Kier molecular flexibility index (Phi) is 5.75. The van der Waals surface area contributed by atoms with Crippen LogP contribution >= 0.6 is 0 Å². The van der Waals surface area contributed by atoms with Gasteiger partial charge in [0.05, 0.1) is 0 Å². The molecule has 0 amide bonds. The number of unbranched alkanes of at least 4 members (excludes halogenated alkanes) is 2. The number of hydrogen-bond acceptors (Lipinski definition) is 1. The molecule has 2 nitrogen and oxygen atoms in total. The summed E-state index contributed by atoms with van der Waals surface area (Å²) in [6.07, 6.45) is 4.22. The number of carbonyl (C=O) groups is 1. The number of rotatable bonds is 7. The Morgan fingerprint density at radius 1 is 1.24 bits per heavy atom. The first-order valence-electron chi connectivity index (χ1n) is 6.40. The van der Waals surface area contributed by atoms with Crippen LogP contribution in [0.5, 0.6) is 0 Å². The predicted octanol–water partition coefficient (Wildman–Crippen LogP) is 4.00. The van der Waals surface area contributed by atoms with Gasteiger partial charge in [-0.15, -0.1) is 0 Å². The number of hydrogen-bond donors (Lipinski definition) is 1. The molecule has 0 bridgehead atoms. The second kappa shape index (κ2) is 7.10. The lowest BCUT2D eigenvalue weighted by atomic mass is 9.98. The summed E-state index contributed by atoms with van der Waals surface area (Å²) in [7, 11) is 0. The van der Waals surface area contributed by atoms with Gasteiger partial charge in [0.1, 0.15) is 0 Å². The van der Waals surface area contributed by atoms with Crippen molar-refractivity contribution in [2.75, 3.05) is 0 Å². The van der Waals surface area contributed by atoms with Gasteiger partial charge in [0.2, 0.25) is 0 Å². The molecule has 1 aromatic rings. The maximum absolute atomic E-state index is 10.4. The van der Waals surface area contributed by atoms with Gasteiger partial charge in [-0.05, 0) is 36.3 Å². The molecule has 1 N–H and O–H groups in total. The zero-order chi connectivity index (χ0) is 12.7. The van der Waals surface area contributed by atoms with Crippen molar-refractivity contribution in [2.45, 2.75) is 51.9 Å². The second-order valence-corrected chi connectivity index (χ2v) is 4.85. The summed E-state index contributed by atoms with van der Waals surface area (Å²) in [6.45, 7) is 4.40. The van der Waals surface area contributed by atoms with E-state index in [1.807, 2.05) is 0 Å². The zero-order valence-electron chi connectivity index (χ0n) is 10.8. The SMILES string of the molecule is CC(C)c1cccc(CCCCCC(=O)O)c1. The van der Waals surface area contributed by atoms with E-state index in [0.29, 0.717) is 12.3 Å². The molecule has 0 aromatic heterocycles. The largest absolute Gasteiger partial charge is 0.481 e. The highest BCUT2D eigenvalue weighted by atomic mass is 16.4. The molecular weight excluding hydrogens is 212 g/mol. The van der Waals surface area contributed by atoms with Crippen molar-refractivity contribution in [1.29, 1.82) is 0 Å². The van der Waals surface area contributed by atoms with Gasteiger partial charge in [0, 0.05) is 6.42 Å². The number of carboxylic acid groups (broad SMARTS) is 1. The third-order valence-electron chi connectivity index (χ3n) is 2.97. The number of aryl methyl sites for hydroxylation is 1. The minimum Gasteiger partial charge on any atom is -0.481 e. The fourth-order valence-electron chi connectivity index (χ4n) is 1.89. The van der Waals surface area contributed by atoms with Crippen LogP contribution in [0.2, 0.25) is 0 Å². The van der Waals surface area contributed by atoms with E-state index in [-0.39, 0.29) is 0 Å². The fraction of sp³-hybridized carbons (Fsp3) is 0.533. The number of benzene rings is 1. The minimum absolute atomic E-state index is 0.298. The molecule has 0 spiro atoms. The lowest BCUT2D eigenvalue weighted by molar-refractivity contribution is -0.137. The molecule has 0 unspecified atom stereocenters. The van der Waals surface area contributed by atoms with Crippen LogP contribution in [0.15, 0.2) is 24.3 Å². The maximum Gasteiger partial charge on any atom is 0.303 e. The van der Waals surface area contributed by atoms with Crippen LogP contribution in [0.25, 0.3) is 0 Å². The molecule has 0 fully saturated rings. The van der Waals surface area contributed by atoms with Crippen LogP contribution in [-0.4, -0.2) is 11.1 Å². The van der Waals surface area contributed by atoms with Gasteiger partial charge in [0.25, 0.3) is 0 Å². The Labute approximate surface area is 104 Å². The van der Waals surface area contributed by atoms with Gasteiger partial charge in [0.15, 0.2) is 0 Å². The summed E-state index contributed by atoms with van der Waals surface area (Å²) in [5, 5.41) is 8.53. The first-order chi connectivity index (χ1) is 8.09. The average molecular weight is 234 g/mol. The molecule has 0 radical (unpaired) electrons. The van der Waals surface area contributed by atoms with E-state index in [1.54, 1.807) is 0 Å². The Hall–Kier alpha value is -1.31. The van der Waals surface area contributed by atoms with Crippen LogP contribution in [0.4, 0.5) is 0 Å². The van der Waals surface area contributed by atoms with Crippen molar-refractivity contribution in [1.82, 2.24) is 0 Å². The van der Waals surface area contributed by atoms with Gasteiger partial charge >= 0.3 is 5.97 Å². The molecule has 17 heavy (non-hydrogen) atoms. The summed E-state index contributed by atoms with van der Waals surface area (Å²) in [5.41, 5.74) is 2.75. The lowest BCUT2D eigenvalue weighted by Crippen LogP contribution is -1.95. The van der Waals surface area contributed by atoms with Crippen LogP contribution < -0.4 is 0 Å². The van der Waals surface area contributed by atoms with Gasteiger partial charge in [-0.3, -0.25) is 4.79 Å². The number of aliphatic carboxylic acids is 1. The van der Waals surface area contributed by atoms with Crippen molar-refractivity contribution < 1.29 is 9.90 Å². The summed E-state index contributed by atoms with van der Waals surface area (Å²) >= 11 is 0. The molecule has 0 saturated carbocycles. The van der Waals surface area contributed by atoms with E-state index in [1.165, 1.54) is 11.1 Å². The van der Waals surface area contributed by atoms with E-state index in [9.17, 15) is 4.79 Å².